The first-order chi connectivity index (χ1) is 14.8. The summed E-state index contributed by atoms with van der Waals surface area (Å²) in [6.07, 6.45) is 1.51. The summed E-state index contributed by atoms with van der Waals surface area (Å²) in [5.41, 5.74) is 4.29. The van der Waals surface area contributed by atoms with Crippen molar-refractivity contribution in [1.82, 2.24) is 9.88 Å². The molecule has 1 fully saturated rings. The predicted octanol–water partition coefficient (Wildman–Crippen LogP) is 3.77. The second kappa shape index (κ2) is 7.60. The first-order valence-electron chi connectivity index (χ1n) is 9.73. The number of aryl methyl sites for hydroxylation is 2. The first-order valence-corrected chi connectivity index (χ1v) is 9.73. The van der Waals surface area contributed by atoms with Crippen LogP contribution in [0, 0.1) is 20.8 Å². The van der Waals surface area contributed by atoms with Crippen LogP contribution >= 0.6 is 0 Å². The van der Waals surface area contributed by atoms with E-state index in [0.29, 0.717) is 11.3 Å². The van der Waals surface area contributed by atoms with Gasteiger partial charge in [0.25, 0.3) is 11.8 Å². The van der Waals surface area contributed by atoms with Gasteiger partial charge in [0, 0.05) is 17.1 Å². The Hall–Kier alpha value is -4.13. The number of amides is 4. The van der Waals surface area contributed by atoms with Crippen molar-refractivity contribution in [2.24, 2.45) is 0 Å². The Morgan fingerprint density at radius 1 is 0.935 bits per heavy atom. The maximum atomic E-state index is 13.2. The lowest BCUT2D eigenvalue weighted by Gasteiger charge is -2.27. The Morgan fingerprint density at radius 2 is 1.61 bits per heavy atom. The van der Waals surface area contributed by atoms with Crippen molar-refractivity contribution in [3.63, 3.8) is 0 Å². The van der Waals surface area contributed by atoms with Crippen molar-refractivity contribution in [2.45, 2.75) is 20.8 Å². The van der Waals surface area contributed by atoms with Crippen molar-refractivity contribution in [3.8, 4) is 11.4 Å². The lowest BCUT2D eigenvalue weighted by molar-refractivity contribution is -0.122. The minimum atomic E-state index is -0.768. The number of hydrogen-bond acceptors (Lipinski definition) is 4. The molecule has 31 heavy (non-hydrogen) atoms. The quantitative estimate of drug-likeness (QED) is 0.503. The van der Waals surface area contributed by atoms with Crippen LogP contribution in [0.4, 0.5) is 10.5 Å². The number of hydrogen-bond donors (Lipinski definition) is 2. The van der Waals surface area contributed by atoms with Crippen LogP contribution in [0.15, 0.2) is 60.2 Å². The van der Waals surface area contributed by atoms with Gasteiger partial charge in [-0.05, 0) is 74.4 Å². The van der Waals surface area contributed by atoms with Crippen LogP contribution in [0.2, 0.25) is 0 Å². The highest BCUT2D eigenvalue weighted by atomic mass is 16.3. The zero-order chi connectivity index (χ0) is 22.3. The number of phenols is 1. The van der Waals surface area contributed by atoms with Gasteiger partial charge in [-0.3, -0.25) is 14.9 Å². The SMILES string of the molecule is Cc1ccccc1N1C(=O)NC(=O)/C(=C\c2cc(C)n(-c3ccc(O)cc3)c2C)C1=O. The molecule has 1 aromatic heterocycles. The molecule has 0 atom stereocenters. The highest BCUT2D eigenvalue weighted by molar-refractivity contribution is 6.39. The van der Waals surface area contributed by atoms with E-state index in [1.165, 1.54) is 6.08 Å². The van der Waals surface area contributed by atoms with Gasteiger partial charge in [0.1, 0.15) is 11.3 Å². The molecule has 7 nitrogen and oxygen atoms in total. The molecule has 0 radical (unpaired) electrons. The second-order valence-corrected chi connectivity index (χ2v) is 7.42. The molecule has 4 amide bonds. The molecular weight excluding hydrogens is 394 g/mol. The number of para-hydroxylation sites is 1. The van der Waals surface area contributed by atoms with Gasteiger partial charge in [-0.25, -0.2) is 9.69 Å². The zero-order valence-electron chi connectivity index (χ0n) is 17.3. The van der Waals surface area contributed by atoms with E-state index in [-0.39, 0.29) is 11.3 Å². The van der Waals surface area contributed by atoms with Crippen LogP contribution in [-0.2, 0) is 9.59 Å². The minimum absolute atomic E-state index is 0.117. The summed E-state index contributed by atoms with van der Waals surface area (Å²) in [5.74, 6) is -1.23. The van der Waals surface area contributed by atoms with E-state index >= 15 is 0 Å². The molecule has 7 heteroatoms. The molecule has 1 saturated heterocycles. The zero-order valence-corrected chi connectivity index (χ0v) is 17.3. The number of carbonyl (C=O) groups excluding carboxylic acids is 3. The molecule has 0 aliphatic carbocycles. The van der Waals surface area contributed by atoms with E-state index in [4.69, 9.17) is 0 Å². The second-order valence-electron chi connectivity index (χ2n) is 7.42. The Balaban J connectivity index is 1.77. The number of carbonyl (C=O) groups is 3. The fraction of sp³-hybridized carbons (Fsp3) is 0.125. The molecule has 0 saturated carbocycles. The summed E-state index contributed by atoms with van der Waals surface area (Å²) < 4.78 is 1.96. The van der Waals surface area contributed by atoms with Gasteiger partial charge < -0.3 is 9.67 Å². The van der Waals surface area contributed by atoms with Gasteiger partial charge in [-0.1, -0.05) is 18.2 Å². The summed E-state index contributed by atoms with van der Waals surface area (Å²) in [6.45, 7) is 5.58. The van der Waals surface area contributed by atoms with E-state index in [9.17, 15) is 19.5 Å². The average molecular weight is 415 g/mol. The molecule has 0 bridgehead atoms. The van der Waals surface area contributed by atoms with Crippen molar-refractivity contribution in [3.05, 3.63) is 82.7 Å². The number of benzene rings is 2. The molecular formula is C24H21N3O4. The fourth-order valence-corrected chi connectivity index (χ4v) is 3.78. The van der Waals surface area contributed by atoms with Crippen LogP contribution in [0.3, 0.4) is 0 Å². The summed E-state index contributed by atoms with van der Waals surface area (Å²) in [5, 5.41) is 11.8. The minimum Gasteiger partial charge on any atom is -0.508 e. The van der Waals surface area contributed by atoms with Gasteiger partial charge in [-0.2, -0.15) is 0 Å². The Morgan fingerprint density at radius 3 is 2.29 bits per heavy atom. The van der Waals surface area contributed by atoms with Crippen molar-refractivity contribution < 1.29 is 19.5 Å². The molecule has 0 unspecified atom stereocenters. The van der Waals surface area contributed by atoms with Gasteiger partial charge in [0.2, 0.25) is 0 Å². The van der Waals surface area contributed by atoms with Crippen LogP contribution in [0.25, 0.3) is 11.8 Å². The molecule has 0 spiro atoms. The van der Waals surface area contributed by atoms with E-state index < -0.39 is 17.8 Å². The number of barbiturate groups is 1. The van der Waals surface area contributed by atoms with Gasteiger partial charge in [0.15, 0.2) is 0 Å². The molecule has 1 aliphatic heterocycles. The molecule has 3 aromatic rings. The monoisotopic (exact) mass is 415 g/mol. The average Bonchev–Trinajstić information content (AvgIpc) is 3.00. The summed E-state index contributed by atoms with van der Waals surface area (Å²) in [7, 11) is 0. The Labute approximate surface area is 179 Å². The molecule has 156 valence electrons. The number of aromatic nitrogens is 1. The Bertz CT molecular complexity index is 1250. The van der Waals surface area contributed by atoms with Gasteiger partial charge in [0.05, 0.1) is 5.69 Å². The van der Waals surface area contributed by atoms with Crippen molar-refractivity contribution in [1.29, 1.82) is 0 Å². The topological polar surface area (TPSA) is 91.6 Å². The van der Waals surface area contributed by atoms with Crippen LogP contribution in [0.5, 0.6) is 5.75 Å². The van der Waals surface area contributed by atoms with Gasteiger partial charge in [-0.15, -0.1) is 0 Å². The van der Waals surface area contributed by atoms with E-state index in [1.54, 1.807) is 49.4 Å². The van der Waals surface area contributed by atoms with Gasteiger partial charge >= 0.3 is 6.03 Å². The van der Waals surface area contributed by atoms with Crippen LogP contribution in [0.1, 0.15) is 22.5 Å². The maximum Gasteiger partial charge on any atom is 0.335 e. The number of nitrogens with zero attached hydrogens (tertiary/aromatic N) is 2. The van der Waals surface area contributed by atoms with Crippen molar-refractivity contribution >= 4 is 29.6 Å². The molecule has 2 aromatic carbocycles. The molecule has 2 N–H and O–H groups in total. The molecule has 2 heterocycles. The smallest absolute Gasteiger partial charge is 0.335 e. The fourth-order valence-electron chi connectivity index (χ4n) is 3.78. The summed E-state index contributed by atoms with van der Waals surface area (Å²) >= 11 is 0. The lowest BCUT2D eigenvalue weighted by atomic mass is 10.1. The summed E-state index contributed by atoms with van der Waals surface area (Å²) in [4.78, 5) is 39.1. The number of nitrogens with one attached hydrogen (secondary N) is 1. The van der Waals surface area contributed by atoms with E-state index in [0.717, 1.165) is 27.5 Å². The Kier molecular flexibility index (Phi) is 4.94. The standard InChI is InChI=1S/C24H21N3O4/c1-14-6-4-5-7-21(14)27-23(30)20(22(29)25-24(27)31)13-17-12-15(2)26(16(17)3)18-8-10-19(28)11-9-18/h4-13,28H,1-3H3,(H,25,29,31)/b20-13+. The normalized spacial score (nSPS) is 15.5. The highest BCUT2D eigenvalue weighted by Crippen LogP contribution is 2.27. The van der Waals surface area contributed by atoms with Crippen molar-refractivity contribution in [2.75, 3.05) is 4.90 Å². The van der Waals surface area contributed by atoms with E-state index in [2.05, 4.69) is 5.32 Å². The maximum absolute atomic E-state index is 13.2. The number of anilines is 1. The highest BCUT2D eigenvalue weighted by Gasteiger charge is 2.37. The number of urea groups is 1. The number of aromatic hydroxyl groups is 1. The molecule has 4 rings (SSSR count). The molecule has 1 aliphatic rings. The predicted molar refractivity (Wildman–Crippen MR) is 117 cm³/mol. The summed E-state index contributed by atoms with van der Waals surface area (Å²) in [6, 6.07) is 14.8. The number of phenolic OH excluding ortho intramolecular Hbond substituents is 1. The number of imide groups is 2. The first kappa shape index (κ1) is 20.2. The third-order valence-electron chi connectivity index (χ3n) is 5.34. The third kappa shape index (κ3) is 3.50. The largest absolute Gasteiger partial charge is 0.508 e. The lowest BCUT2D eigenvalue weighted by Crippen LogP contribution is -2.54. The number of rotatable bonds is 3. The van der Waals surface area contributed by atoms with E-state index in [1.807, 2.05) is 30.5 Å². The van der Waals surface area contributed by atoms with Crippen LogP contribution in [-0.4, -0.2) is 27.5 Å². The van der Waals surface area contributed by atoms with Crippen LogP contribution < -0.4 is 10.2 Å². The third-order valence-corrected chi connectivity index (χ3v) is 5.34.